The van der Waals surface area contributed by atoms with Gasteiger partial charge in [0.05, 0.1) is 33.0 Å². The molecule has 0 bridgehead atoms. The van der Waals surface area contributed by atoms with Crippen molar-refractivity contribution in [1.29, 1.82) is 0 Å². The SMILES string of the molecule is COCCOCCOCCNCCCCSC. The predicted molar refractivity (Wildman–Crippen MR) is 74.0 cm³/mol. The molecule has 0 unspecified atom stereocenters. The Hall–Kier alpha value is 0.190. The van der Waals surface area contributed by atoms with Crippen molar-refractivity contribution < 1.29 is 14.2 Å². The summed E-state index contributed by atoms with van der Waals surface area (Å²) in [5, 5.41) is 3.36. The second-order valence-electron chi connectivity index (χ2n) is 3.67. The lowest BCUT2D eigenvalue weighted by molar-refractivity contribution is 0.0256. The molecule has 0 fully saturated rings. The molecule has 0 aromatic rings. The smallest absolute Gasteiger partial charge is 0.0701 e. The van der Waals surface area contributed by atoms with Crippen LogP contribution < -0.4 is 5.32 Å². The van der Waals surface area contributed by atoms with Crippen molar-refractivity contribution in [2.45, 2.75) is 12.8 Å². The maximum Gasteiger partial charge on any atom is 0.0701 e. The van der Waals surface area contributed by atoms with E-state index in [-0.39, 0.29) is 0 Å². The number of unbranched alkanes of at least 4 members (excludes halogenated alkanes) is 1. The number of hydrogen-bond donors (Lipinski definition) is 1. The normalized spacial score (nSPS) is 10.9. The first kappa shape index (κ1) is 17.2. The minimum absolute atomic E-state index is 0.646. The summed E-state index contributed by atoms with van der Waals surface area (Å²) >= 11 is 1.91. The van der Waals surface area contributed by atoms with Crippen molar-refractivity contribution in [3.63, 3.8) is 0 Å². The highest BCUT2D eigenvalue weighted by Crippen LogP contribution is 1.97. The molecule has 0 aliphatic rings. The number of hydrogen-bond acceptors (Lipinski definition) is 5. The zero-order chi connectivity index (χ0) is 12.6. The van der Waals surface area contributed by atoms with Crippen LogP contribution in [0.3, 0.4) is 0 Å². The Morgan fingerprint density at radius 1 is 0.882 bits per heavy atom. The molecular formula is C12H27NO3S. The molecule has 0 rings (SSSR count). The third-order valence-corrected chi connectivity index (χ3v) is 2.88. The van der Waals surface area contributed by atoms with E-state index in [1.165, 1.54) is 18.6 Å². The molecule has 5 heteroatoms. The van der Waals surface area contributed by atoms with Crippen LogP contribution in [0.4, 0.5) is 0 Å². The molecule has 0 atom stereocenters. The Kier molecular flexibility index (Phi) is 16.4. The van der Waals surface area contributed by atoms with Crippen molar-refractivity contribution in [3.05, 3.63) is 0 Å². The van der Waals surface area contributed by atoms with Gasteiger partial charge in [0.15, 0.2) is 0 Å². The Balaban J connectivity index is 2.85. The third kappa shape index (κ3) is 16.2. The number of thioether (sulfide) groups is 1. The van der Waals surface area contributed by atoms with Gasteiger partial charge in [0.2, 0.25) is 0 Å². The third-order valence-electron chi connectivity index (χ3n) is 2.18. The predicted octanol–water partition coefficient (Wildman–Crippen LogP) is 1.40. The van der Waals surface area contributed by atoms with Gasteiger partial charge in [-0.1, -0.05) is 0 Å². The average molecular weight is 265 g/mol. The molecule has 0 saturated carbocycles. The van der Waals surface area contributed by atoms with Crippen LogP contribution in [0.15, 0.2) is 0 Å². The number of nitrogens with one attached hydrogen (secondary N) is 1. The van der Waals surface area contributed by atoms with E-state index < -0.39 is 0 Å². The Bertz CT molecular complexity index is 125. The van der Waals surface area contributed by atoms with Crippen molar-refractivity contribution in [2.75, 3.05) is 65.2 Å². The van der Waals surface area contributed by atoms with Gasteiger partial charge in [0, 0.05) is 13.7 Å². The molecule has 0 aromatic carbocycles. The summed E-state index contributed by atoms with van der Waals surface area (Å²) in [5.41, 5.74) is 0. The Morgan fingerprint density at radius 2 is 1.59 bits per heavy atom. The van der Waals surface area contributed by atoms with E-state index in [0.717, 1.165) is 19.7 Å². The number of ether oxygens (including phenoxy) is 3. The van der Waals surface area contributed by atoms with Crippen LogP contribution in [-0.2, 0) is 14.2 Å². The largest absolute Gasteiger partial charge is 0.382 e. The van der Waals surface area contributed by atoms with Crippen molar-refractivity contribution >= 4 is 11.8 Å². The van der Waals surface area contributed by atoms with Gasteiger partial charge in [-0.15, -0.1) is 0 Å². The Morgan fingerprint density at radius 3 is 2.29 bits per heavy atom. The van der Waals surface area contributed by atoms with Crippen molar-refractivity contribution in [2.24, 2.45) is 0 Å². The maximum atomic E-state index is 5.41. The van der Waals surface area contributed by atoms with Gasteiger partial charge in [-0.05, 0) is 31.4 Å². The van der Waals surface area contributed by atoms with Gasteiger partial charge in [-0.2, -0.15) is 11.8 Å². The van der Waals surface area contributed by atoms with E-state index in [9.17, 15) is 0 Å². The van der Waals surface area contributed by atoms with Gasteiger partial charge in [-0.25, -0.2) is 0 Å². The van der Waals surface area contributed by atoms with E-state index in [2.05, 4.69) is 11.6 Å². The molecule has 0 saturated heterocycles. The minimum atomic E-state index is 0.646. The van der Waals surface area contributed by atoms with Crippen LogP contribution in [0.1, 0.15) is 12.8 Å². The summed E-state index contributed by atoms with van der Waals surface area (Å²) in [6, 6.07) is 0. The highest BCUT2D eigenvalue weighted by atomic mass is 32.2. The molecule has 0 radical (unpaired) electrons. The fourth-order valence-electron chi connectivity index (χ4n) is 1.23. The second kappa shape index (κ2) is 16.2. The molecule has 0 amide bonds. The summed E-state index contributed by atoms with van der Waals surface area (Å²) in [7, 11) is 1.67. The summed E-state index contributed by atoms with van der Waals surface area (Å²) in [6.07, 6.45) is 4.69. The highest BCUT2D eigenvalue weighted by Gasteiger charge is 1.91. The summed E-state index contributed by atoms with van der Waals surface area (Å²) < 4.78 is 15.5. The Labute approximate surface area is 110 Å². The zero-order valence-corrected chi connectivity index (χ0v) is 12.0. The first-order valence-corrected chi connectivity index (χ1v) is 7.65. The first-order valence-electron chi connectivity index (χ1n) is 6.26. The average Bonchev–Trinajstić information content (AvgIpc) is 2.35. The molecular weight excluding hydrogens is 238 g/mol. The lowest BCUT2D eigenvalue weighted by atomic mass is 10.3. The molecule has 0 heterocycles. The van der Waals surface area contributed by atoms with Gasteiger partial charge in [-0.3, -0.25) is 0 Å². The molecule has 104 valence electrons. The van der Waals surface area contributed by atoms with Crippen LogP contribution >= 0.6 is 11.8 Å². The van der Waals surface area contributed by atoms with Gasteiger partial charge >= 0.3 is 0 Å². The van der Waals surface area contributed by atoms with E-state index in [0.29, 0.717) is 26.4 Å². The molecule has 1 N–H and O–H groups in total. The second-order valence-corrected chi connectivity index (χ2v) is 4.65. The van der Waals surface area contributed by atoms with E-state index in [4.69, 9.17) is 14.2 Å². The lowest BCUT2D eigenvalue weighted by Crippen LogP contribution is -2.22. The minimum Gasteiger partial charge on any atom is -0.382 e. The molecule has 0 spiro atoms. The highest BCUT2D eigenvalue weighted by molar-refractivity contribution is 7.98. The van der Waals surface area contributed by atoms with Crippen LogP contribution in [0.5, 0.6) is 0 Å². The fourth-order valence-corrected chi connectivity index (χ4v) is 1.72. The summed E-state index contributed by atoms with van der Waals surface area (Å²) in [4.78, 5) is 0. The zero-order valence-electron chi connectivity index (χ0n) is 11.2. The molecule has 17 heavy (non-hydrogen) atoms. The molecule has 0 aliphatic heterocycles. The molecule has 4 nitrogen and oxygen atoms in total. The quantitative estimate of drug-likeness (QED) is 0.481. The summed E-state index contributed by atoms with van der Waals surface area (Å²) in [6.45, 7) is 5.39. The van der Waals surface area contributed by atoms with Crippen LogP contribution in [0, 0.1) is 0 Å². The van der Waals surface area contributed by atoms with Crippen LogP contribution in [-0.4, -0.2) is 65.2 Å². The summed E-state index contributed by atoms with van der Waals surface area (Å²) in [5.74, 6) is 1.26. The van der Waals surface area contributed by atoms with Gasteiger partial charge in [0.1, 0.15) is 0 Å². The van der Waals surface area contributed by atoms with E-state index in [1.807, 2.05) is 11.8 Å². The van der Waals surface area contributed by atoms with Gasteiger partial charge < -0.3 is 19.5 Å². The monoisotopic (exact) mass is 265 g/mol. The van der Waals surface area contributed by atoms with Gasteiger partial charge in [0.25, 0.3) is 0 Å². The maximum absolute atomic E-state index is 5.41. The standard InChI is InChI=1S/C12H27NO3S/c1-14-8-9-16-11-10-15-7-6-13-5-3-4-12-17-2/h13H,3-12H2,1-2H3. The van der Waals surface area contributed by atoms with Crippen LogP contribution in [0.25, 0.3) is 0 Å². The topological polar surface area (TPSA) is 39.7 Å². The first-order chi connectivity index (χ1) is 8.41. The van der Waals surface area contributed by atoms with Crippen molar-refractivity contribution in [1.82, 2.24) is 5.32 Å². The number of methoxy groups -OCH3 is 1. The molecule has 0 aromatic heterocycles. The van der Waals surface area contributed by atoms with E-state index >= 15 is 0 Å². The van der Waals surface area contributed by atoms with E-state index in [1.54, 1.807) is 7.11 Å². The van der Waals surface area contributed by atoms with Crippen molar-refractivity contribution in [3.8, 4) is 0 Å². The van der Waals surface area contributed by atoms with Crippen LogP contribution in [0.2, 0.25) is 0 Å². The lowest BCUT2D eigenvalue weighted by Gasteiger charge is -2.06. The number of rotatable bonds is 14. The fraction of sp³-hybridized carbons (Fsp3) is 1.00. The molecule has 0 aliphatic carbocycles.